The quantitative estimate of drug-likeness (QED) is 0.785. The van der Waals surface area contributed by atoms with E-state index in [2.05, 4.69) is 20.9 Å². The molecule has 1 aromatic heterocycles. The van der Waals surface area contributed by atoms with E-state index in [4.69, 9.17) is 0 Å². The molecule has 0 aliphatic rings. The maximum absolute atomic E-state index is 13.5. The minimum absolute atomic E-state index is 0.315. The number of aromatic nitrogens is 2. The summed E-state index contributed by atoms with van der Waals surface area (Å²) in [7, 11) is 0. The van der Waals surface area contributed by atoms with Gasteiger partial charge in [-0.1, -0.05) is 0 Å². The molecule has 2 aromatic rings. The summed E-state index contributed by atoms with van der Waals surface area (Å²) in [5.74, 6) is -0.454. The highest BCUT2D eigenvalue weighted by atomic mass is 79.9. The molecule has 0 bridgehead atoms. The molecule has 0 aliphatic carbocycles. The molecule has 0 atom stereocenters. The number of carbonyl (C=O) groups is 1. The lowest BCUT2D eigenvalue weighted by atomic mass is 10.2. The average Bonchev–Trinajstić information content (AvgIpc) is 2.64. The fourth-order valence-corrected chi connectivity index (χ4v) is 1.55. The van der Waals surface area contributed by atoms with Gasteiger partial charge in [-0.3, -0.25) is 4.79 Å². The molecular formula is C10H6BrFN2O. The first kappa shape index (κ1) is 10.0. The monoisotopic (exact) mass is 268 g/mol. The van der Waals surface area contributed by atoms with Crippen LogP contribution in [-0.2, 0) is 0 Å². The van der Waals surface area contributed by atoms with E-state index in [0.29, 0.717) is 22.1 Å². The van der Waals surface area contributed by atoms with E-state index in [0.717, 1.165) is 0 Å². The number of nitrogens with zero attached hydrogens (tertiary/aromatic N) is 2. The highest BCUT2D eigenvalue weighted by molar-refractivity contribution is 9.10. The van der Waals surface area contributed by atoms with Gasteiger partial charge in [-0.05, 0) is 34.1 Å². The van der Waals surface area contributed by atoms with Crippen LogP contribution >= 0.6 is 15.9 Å². The van der Waals surface area contributed by atoms with Gasteiger partial charge in [0.1, 0.15) is 23.0 Å². The molecule has 3 nitrogen and oxygen atoms in total. The molecule has 0 fully saturated rings. The Morgan fingerprint density at radius 1 is 1.47 bits per heavy atom. The second-order valence-electron chi connectivity index (χ2n) is 2.93. The lowest BCUT2D eigenvalue weighted by molar-refractivity contribution is 0.112. The molecule has 0 saturated heterocycles. The first-order chi connectivity index (χ1) is 7.20. The van der Waals surface area contributed by atoms with Gasteiger partial charge >= 0.3 is 0 Å². The Labute approximate surface area is 93.7 Å². The number of halogens is 2. The Morgan fingerprint density at radius 3 is 2.80 bits per heavy atom. The van der Waals surface area contributed by atoms with Crippen LogP contribution in [0.3, 0.4) is 0 Å². The molecule has 1 heterocycles. The van der Waals surface area contributed by atoms with Gasteiger partial charge < -0.3 is 4.57 Å². The largest absolute Gasteiger partial charge is 0.302 e. The summed E-state index contributed by atoms with van der Waals surface area (Å²) >= 11 is 3.17. The van der Waals surface area contributed by atoms with Gasteiger partial charge in [0, 0.05) is 11.8 Å². The van der Waals surface area contributed by atoms with Crippen molar-refractivity contribution in [1.29, 1.82) is 0 Å². The van der Waals surface area contributed by atoms with E-state index in [1.165, 1.54) is 23.0 Å². The van der Waals surface area contributed by atoms with Crippen molar-refractivity contribution in [1.82, 2.24) is 9.55 Å². The molecule has 0 amide bonds. The Balaban J connectivity index is 2.49. The number of rotatable bonds is 2. The van der Waals surface area contributed by atoms with E-state index >= 15 is 0 Å². The number of carbonyl (C=O) groups excluding carboxylic acids is 1. The normalized spacial score (nSPS) is 10.3. The van der Waals surface area contributed by atoms with E-state index < -0.39 is 5.82 Å². The van der Waals surface area contributed by atoms with Gasteiger partial charge in [-0.15, -0.1) is 0 Å². The number of imidazole rings is 1. The van der Waals surface area contributed by atoms with Crippen molar-refractivity contribution >= 4 is 22.2 Å². The van der Waals surface area contributed by atoms with Crippen molar-refractivity contribution in [2.45, 2.75) is 0 Å². The van der Waals surface area contributed by atoms with Crippen LogP contribution in [0.4, 0.5) is 4.39 Å². The molecule has 15 heavy (non-hydrogen) atoms. The summed E-state index contributed by atoms with van der Waals surface area (Å²) in [6.07, 6.45) is 3.73. The van der Waals surface area contributed by atoms with Gasteiger partial charge in [0.25, 0.3) is 0 Å². The minimum Gasteiger partial charge on any atom is -0.302 e. The van der Waals surface area contributed by atoms with Crippen LogP contribution in [0, 0.1) is 5.82 Å². The van der Waals surface area contributed by atoms with Gasteiger partial charge in [0.2, 0.25) is 0 Å². The second-order valence-corrected chi connectivity index (χ2v) is 3.74. The topological polar surface area (TPSA) is 34.9 Å². The van der Waals surface area contributed by atoms with Crippen LogP contribution in [0.15, 0.2) is 35.3 Å². The Kier molecular flexibility index (Phi) is 2.64. The van der Waals surface area contributed by atoms with E-state index in [1.807, 2.05) is 0 Å². The first-order valence-corrected chi connectivity index (χ1v) is 4.94. The molecule has 2 rings (SSSR count). The third kappa shape index (κ3) is 1.97. The van der Waals surface area contributed by atoms with Gasteiger partial charge in [-0.2, -0.15) is 0 Å². The second kappa shape index (κ2) is 3.94. The third-order valence-electron chi connectivity index (χ3n) is 1.94. The van der Waals surface area contributed by atoms with Crippen LogP contribution < -0.4 is 0 Å². The molecule has 76 valence electrons. The molecule has 0 radical (unpaired) electrons. The number of aldehydes is 1. The lowest BCUT2D eigenvalue weighted by Gasteiger charge is -2.03. The zero-order valence-electron chi connectivity index (χ0n) is 7.52. The predicted octanol–water partition coefficient (Wildman–Crippen LogP) is 2.59. The summed E-state index contributed by atoms with van der Waals surface area (Å²) < 4.78 is 15.7. The fourth-order valence-electron chi connectivity index (χ4n) is 1.24. The molecule has 0 saturated carbocycles. The Bertz CT molecular complexity index is 510. The molecule has 0 unspecified atom stereocenters. The highest BCUT2D eigenvalue weighted by Gasteiger charge is 2.05. The summed E-state index contributed by atoms with van der Waals surface area (Å²) in [6.45, 7) is 0. The zero-order chi connectivity index (χ0) is 10.8. The zero-order valence-corrected chi connectivity index (χ0v) is 9.11. The number of hydrogen-bond donors (Lipinski definition) is 0. The molecule has 0 spiro atoms. The number of benzene rings is 1. The van der Waals surface area contributed by atoms with Crippen molar-refractivity contribution in [3.8, 4) is 5.69 Å². The summed E-state index contributed by atoms with van der Waals surface area (Å²) in [5.41, 5.74) is 0.675. The Hall–Kier alpha value is -1.49. The van der Waals surface area contributed by atoms with Crippen LogP contribution in [0.5, 0.6) is 0 Å². The highest BCUT2D eigenvalue weighted by Crippen LogP contribution is 2.16. The van der Waals surface area contributed by atoms with Crippen molar-refractivity contribution in [3.63, 3.8) is 0 Å². The van der Waals surface area contributed by atoms with Gasteiger partial charge in [0.15, 0.2) is 0 Å². The van der Waals surface area contributed by atoms with E-state index in [-0.39, 0.29) is 0 Å². The average molecular weight is 269 g/mol. The van der Waals surface area contributed by atoms with Crippen molar-refractivity contribution < 1.29 is 9.18 Å². The summed E-state index contributed by atoms with van der Waals surface area (Å²) in [4.78, 5) is 14.3. The summed E-state index contributed by atoms with van der Waals surface area (Å²) in [6, 6.07) is 4.28. The maximum Gasteiger partial charge on any atom is 0.150 e. The van der Waals surface area contributed by atoms with Crippen LogP contribution in [0.25, 0.3) is 5.69 Å². The summed E-state index contributed by atoms with van der Waals surface area (Å²) in [5, 5.41) is 0. The van der Waals surface area contributed by atoms with Crippen LogP contribution in [0.2, 0.25) is 0 Å². The SMILES string of the molecule is O=Cc1ccc(-n2cnc(Br)c2)c(F)c1. The minimum atomic E-state index is -0.454. The van der Waals surface area contributed by atoms with Gasteiger partial charge in [-0.25, -0.2) is 9.37 Å². The Morgan fingerprint density at radius 2 is 2.27 bits per heavy atom. The van der Waals surface area contributed by atoms with Crippen LogP contribution in [-0.4, -0.2) is 15.8 Å². The first-order valence-electron chi connectivity index (χ1n) is 4.15. The standard InChI is InChI=1S/C10H6BrFN2O/c11-10-4-14(6-13-10)9-2-1-7(5-15)3-8(9)12/h1-6H. The lowest BCUT2D eigenvalue weighted by Crippen LogP contribution is -1.95. The van der Waals surface area contributed by atoms with E-state index in [1.54, 1.807) is 12.3 Å². The molecule has 0 aliphatic heterocycles. The maximum atomic E-state index is 13.5. The molecule has 5 heteroatoms. The fraction of sp³-hybridized carbons (Fsp3) is 0. The van der Waals surface area contributed by atoms with Crippen molar-refractivity contribution in [2.75, 3.05) is 0 Å². The van der Waals surface area contributed by atoms with Crippen LogP contribution in [0.1, 0.15) is 10.4 Å². The van der Waals surface area contributed by atoms with E-state index in [9.17, 15) is 9.18 Å². The van der Waals surface area contributed by atoms with Crippen molar-refractivity contribution in [3.05, 3.63) is 46.7 Å². The third-order valence-corrected chi connectivity index (χ3v) is 2.35. The smallest absolute Gasteiger partial charge is 0.150 e. The molecule has 0 N–H and O–H groups in total. The van der Waals surface area contributed by atoms with Crippen molar-refractivity contribution in [2.24, 2.45) is 0 Å². The molecular weight excluding hydrogens is 263 g/mol. The number of hydrogen-bond acceptors (Lipinski definition) is 2. The predicted molar refractivity (Wildman–Crippen MR) is 56.6 cm³/mol. The van der Waals surface area contributed by atoms with Gasteiger partial charge in [0.05, 0.1) is 5.69 Å². The molecule has 1 aromatic carbocycles.